The average Bonchev–Trinajstić information content (AvgIpc) is 3.24. The molecule has 0 spiro atoms. The third-order valence-electron chi connectivity index (χ3n) is 5.19. The molecule has 1 aromatic heterocycles. The Kier molecular flexibility index (Phi) is 6.37. The number of nitrogens with zero attached hydrogens (tertiary/aromatic N) is 3. The number of ether oxygens (including phenoxy) is 1. The molecule has 1 saturated heterocycles. The van der Waals surface area contributed by atoms with Crippen LogP contribution in [0.1, 0.15) is 12.5 Å². The number of benzene rings is 2. The van der Waals surface area contributed by atoms with E-state index in [1.54, 1.807) is 0 Å². The number of anilines is 2. The molecule has 0 saturated carbocycles. The first-order chi connectivity index (χ1) is 14.5. The van der Waals surface area contributed by atoms with Crippen molar-refractivity contribution < 1.29 is 9.53 Å². The van der Waals surface area contributed by atoms with Gasteiger partial charge in [0.15, 0.2) is 5.13 Å². The summed E-state index contributed by atoms with van der Waals surface area (Å²) in [6.07, 6.45) is 0. The number of hydrogen-bond donors (Lipinski definition) is 0. The summed E-state index contributed by atoms with van der Waals surface area (Å²) >= 11 is 7.56. The summed E-state index contributed by atoms with van der Waals surface area (Å²) in [6, 6.07) is 15.4. The molecule has 0 unspecified atom stereocenters. The van der Waals surface area contributed by atoms with Crippen LogP contribution in [0.5, 0.6) is 0 Å². The molecule has 1 fully saturated rings. The second kappa shape index (κ2) is 9.16. The molecular weight excluding hydrogens is 418 g/mol. The summed E-state index contributed by atoms with van der Waals surface area (Å²) in [5, 5.41) is 3.51. The van der Waals surface area contributed by atoms with Crippen molar-refractivity contribution in [2.45, 2.75) is 19.9 Å². The van der Waals surface area contributed by atoms with Gasteiger partial charge < -0.3 is 14.5 Å². The second-order valence-corrected chi connectivity index (χ2v) is 8.62. The molecule has 7 heteroatoms. The maximum atomic E-state index is 13.3. The van der Waals surface area contributed by atoms with Gasteiger partial charge in [-0.05, 0) is 43.7 Å². The van der Waals surface area contributed by atoms with Crippen LogP contribution >= 0.6 is 22.9 Å². The van der Waals surface area contributed by atoms with E-state index in [-0.39, 0.29) is 11.9 Å². The number of amides is 1. The van der Waals surface area contributed by atoms with E-state index in [1.165, 1.54) is 11.3 Å². The van der Waals surface area contributed by atoms with Gasteiger partial charge in [-0.25, -0.2) is 4.98 Å². The Balaban J connectivity index is 1.69. The number of aromatic nitrogens is 1. The molecule has 1 aliphatic rings. The number of morpholine rings is 1. The van der Waals surface area contributed by atoms with Crippen LogP contribution in [0.25, 0.3) is 11.3 Å². The van der Waals surface area contributed by atoms with Gasteiger partial charge in [0.25, 0.3) is 0 Å². The number of carbonyl (C=O) groups is 1. The van der Waals surface area contributed by atoms with Crippen LogP contribution in [-0.2, 0) is 9.53 Å². The number of hydrogen-bond acceptors (Lipinski definition) is 5. The highest BCUT2D eigenvalue weighted by Crippen LogP contribution is 2.35. The molecule has 4 rings (SSSR count). The second-order valence-electron chi connectivity index (χ2n) is 7.34. The van der Waals surface area contributed by atoms with Gasteiger partial charge in [-0.3, -0.25) is 4.79 Å². The maximum absolute atomic E-state index is 13.3. The lowest BCUT2D eigenvalue weighted by Gasteiger charge is -2.34. The highest BCUT2D eigenvalue weighted by molar-refractivity contribution is 7.14. The van der Waals surface area contributed by atoms with Crippen molar-refractivity contribution in [3.05, 3.63) is 64.5 Å². The van der Waals surface area contributed by atoms with Gasteiger partial charge in [0, 0.05) is 34.7 Å². The summed E-state index contributed by atoms with van der Waals surface area (Å²) in [5.74, 6) is 0.0862. The highest BCUT2D eigenvalue weighted by atomic mass is 35.5. The van der Waals surface area contributed by atoms with Crippen LogP contribution in [0.3, 0.4) is 0 Å². The largest absolute Gasteiger partial charge is 0.378 e. The molecule has 156 valence electrons. The normalized spacial score (nSPS) is 15.1. The van der Waals surface area contributed by atoms with E-state index in [0.717, 1.165) is 27.6 Å². The first kappa shape index (κ1) is 20.8. The number of carbonyl (C=O) groups excluding carboxylic acids is 1. The molecule has 0 aliphatic carbocycles. The third-order valence-corrected chi connectivity index (χ3v) is 6.28. The molecule has 1 aliphatic heterocycles. The van der Waals surface area contributed by atoms with Crippen molar-refractivity contribution >= 4 is 39.7 Å². The Morgan fingerprint density at radius 2 is 1.93 bits per heavy atom. The predicted octanol–water partition coefficient (Wildman–Crippen LogP) is 5.16. The molecule has 30 heavy (non-hydrogen) atoms. The fourth-order valence-corrected chi connectivity index (χ4v) is 4.62. The lowest BCUT2D eigenvalue weighted by Crippen LogP contribution is -2.49. The fourth-order valence-electron chi connectivity index (χ4n) is 3.56. The number of aryl methyl sites for hydroxylation is 1. The van der Waals surface area contributed by atoms with Crippen molar-refractivity contribution in [1.29, 1.82) is 0 Å². The van der Waals surface area contributed by atoms with E-state index in [1.807, 2.05) is 58.5 Å². The van der Waals surface area contributed by atoms with E-state index < -0.39 is 0 Å². The summed E-state index contributed by atoms with van der Waals surface area (Å²) in [5.41, 5.74) is 3.97. The van der Waals surface area contributed by atoms with E-state index in [9.17, 15) is 4.79 Å². The van der Waals surface area contributed by atoms with Gasteiger partial charge in [-0.1, -0.05) is 35.9 Å². The van der Waals surface area contributed by atoms with Gasteiger partial charge in [0.1, 0.15) is 6.04 Å². The predicted molar refractivity (Wildman–Crippen MR) is 123 cm³/mol. The average molecular weight is 442 g/mol. The zero-order chi connectivity index (χ0) is 21.1. The Hall–Kier alpha value is -2.41. The van der Waals surface area contributed by atoms with Crippen molar-refractivity contribution in [3.63, 3.8) is 0 Å². The van der Waals surface area contributed by atoms with Crippen LogP contribution in [0.2, 0.25) is 5.02 Å². The first-order valence-corrected chi connectivity index (χ1v) is 11.2. The standard InChI is InChI=1S/C23H24ClN3O2S/c1-16-4-3-5-20(14-16)27(17(2)22(28)26-10-12-29-13-11-26)23-25-21(15-30-23)18-6-8-19(24)9-7-18/h3-9,14-15,17H,10-13H2,1-2H3/t17-/m0/s1. The Morgan fingerprint density at radius 1 is 1.20 bits per heavy atom. The minimum absolute atomic E-state index is 0.0862. The number of rotatable bonds is 5. The van der Waals surface area contributed by atoms with Gasteiger partial charge in [0.2, 0.25) is 5.91 Å². The molecule has 2 aromatic carbocycles. The molecule has 2 heterocycles. The smallest absolute Gasteiger partial charge is 0.245 e. The maximum Gasteiger partial charge on any atom is 0.245 e. The molecule has 0 bridgehead atoms. The van der Waals surface area contributed by atoms with E-state index >= 15 is 0 Å². The monoisotopic (exact) mass is 441 g/mol. The van der Waals surface area contributed by atoms with Crippen molar-refractivity contribution in [2.24, 2.45) is 0 Å². The zero-order valence-electron chi connectivity index (χ0n) is 17.0. The first-order valence-electron chi connectivity index (χ1n) is 9.97. The summed E-state index contributed by atoms with van der Waals surface area (Å²) in [6.45, 7) is 6.42. The third kappa shape index (κ3) is 4.51. The van der Waals surface area contributed by atoms with E-state index in [0.29, 0.717) is 31.3 Å². The Bertz CT molecular complexity index is 1020. The zero-order valence-corrected chi connectivity index (χ0v) is 18.6. The van der Waals surface area contributed by atoms with Crippen LogP contribution < -0.4 is 4.90 Å². The van der Waals surface area contributed by atoms with Crippen molar-refractivity contribution in [2.75, 3.05) is 31.2 Å². The number of thiazole rings is 1. The van der Waals surface area contributed by atoms with E-state index in [2.05, 4.69) is 19.1 Å². The van der Waals surface area contributed by atoms with Crippen LogP contribution in [0.4, 0.5) is 10.8 Å². The Labute approximate surface area is 185 Å². The highest BCUT2D eigenvalue weighted by Gasteiger charge is 2.30. The molecule has 0 radical (unpaired) electrons. The van der Waals surface area contributed by atoms with Crippen LogP contribution in [-0.4, -0.2) is 48.1 Å². The Morgan fingerprint density at radius 3 is 2.63 bits per heavy atom. The fraction of sp³-hybridized carbons (Fsp3) is 0.304. The van der Waals surface area contributed by atoms with Crippen molar-refractivity contribution in [3.8, 4) is 11.3 Å². The van der Waals surface area contributed by atoms with Crippen LogP contribution in [0.15, 0.2) is 53.9 Å². The topological polar surface area (TPSA) is 45.7 Å². The summed E-state index contributed by atoms with van der Waals surface area (Å²) in [4.78, 5) is 22.1. The van der Waals surface area contributed by atoms with Gasteiger partial charge in [-0.2, -0.15) is 0 Å². The van der Waals surface area contributed by atoms with Crippen molar-refractivity contribution in [1.82, 2.24) is 9.88 Å². The quantitative estimate of drug-likeness (QED) is 0.548. The van der Waals surface area contributed by atoms with Gasteiger partial charge in [0.05, 0.1) is 18.9 Å². The number of halogens is 1. The molecule has 0 N–H and O–H groups in total. The van der Waals surface area contributed by atoms with Gasteiger partial charge >= 0.3 is 0 Å². The summed E-state index contributed by atoms with van der Waals surface area (Å²) in [7, 11) is 0. The SMILES string of the molecule is Cc1cccc(N(c2nc(-c3ccc(Cl)cc3)cs2)[C@@H](C)C(=O)N2CCOCC2)c1. The van der Waals surface area contributed by atoms with Crippen LogP contribution in [0, 0.1) is 6.92 Å². The molecule has 1 atom stereocenters. The molecule has 1 amide bonds. The van der Waals surface area contributed by atoms with E-state index in [4.69, 9.17) is 21.3 Å². The molecular formula is C23H24ClN3O2S. The molecule has 5 nitrogen and oxygen atoms in total. The lowest BCUT2D eigenvalue weighted by molar-refractivity contribution is -0.136. The summed E-state index contributed by atoms with van der Waals surface area (Å²) < 4.78 is 5.41. The minimum atomic E-state index is -0.380. The molecule has 3 aromatic rings. The minimum Gasteiger partial charge on any atom is -0.378 e. The van der Waals surface area contributed by atoms with Gasteiger partial charge in [-0.15, -0.1) is 11.3 Å². The lowest BCUT2D eigenvalue weighted by atomic mass is 10.1.